The van der Waals surface area contributed by atoms with Gasteiger partial charge in [0.1, 0.15) is 11.3 Å². The van der Waals surface area contributed by atoms with Crippen molar-refractivity contribution >= 4 is 45.7 Å². The van der Waals surface area contributed by atoms with E-state index in [-0.39, 0.29) is 28.0 Å². The smallest absolute Gasteiger partial charge is 0.311 e. The number of nitrogens with one attached hydrogen (secondary N) is 2. The minimum atomic E-state index is -0.641. The number of aromatic nitrogens is 1. The van der Waals surface area contributed by atoms with Crippen molar-refractivity contribution in [3.05, 3.63) is 82.2 Å². The lowest BCUT2D eigenvalue weighted by atomic mass is 10.1. The topological polar surface area (TPSA) is 120 Å². The van der Waals surface area contributed by atoms with Crippen molar-refractivity contribution in [3.8, 4) is 17.2 Å². The van der Waals surface area contributed by atoms with E-state index in [1.54, 1.807) is 30.3 Å². The monoisotopic (exact) mass is 466 g/mol. The summed E-state index contributed by atoms with van der Waals surface area (Å²) in [6.45, 7) is 0. The van der Waals surface area contributed by atoms with E-state index in [4.69, 9.17) is 21.4 Å². The van der Waals surface area contributed by atoms with Crippen LogP contribution in [0.5, 0.6) is 5.75 Å². The van der Waals surface area contributed by atoms with E-state index >= 15 is 0 Å². The number of thiocarbonyl (C=S) groups is 1. The molecule has 0 aliphatic heterocycles. The number of anilines is 1. The number of carbonyl (C=O) groups is 1. The van der Waals surface area contributed by atoms with Crippen molar-refractivity contribution in [2.75, 3.05) is 12.4 Å². The molecule has 9 nitrogen and oxygen atoms in total. The van der Waals surface area contributed by atoms with Crippen LogP contribution in [0, 0.1) is 15.9 Å². The molecule has 3 aromatic carbocycles. The van der Waals surface area contributed by atoms with Gasteiger partial charge in [-0.3, -0.25) is 20.2 Å². The number of benzene rings is 3. The number of nitro benzene ring substituents is 1. The molecule has 1 amide bonds. The summed E-state index contributed by atoms with van der Waals surface area (Å²) in [7, 11) is 1.30. The van der Waals surface area contributed by atoms with E-state index in [0.29, 0.717) is 22.4 Å². The predicted molar refractivity (Wildman–Crippen MR) is 123 cm³/mol. The van der Waals surface area contributed by atoms with E-state index in [9.17, 15) is 19.3 Å². The van der Waals surface area contributed by atoms with Crippen LogP contribution in [0.25, 0.3) is 22.6 Å². The summed E-state index contributed by atoms with van der Waals surface area (Å²) in [6.07, 6.45) is 0. The highest BCUT2D eigenvalue weighted by Gasteiger charge is 2.19. The third-order valence-corrected chi connectivity index (χ3v) is 4.79. The molecule has 0 radical (unpaired) electrons. The molecule has 4 rings (SSSR count). The molecule has 1 aromatic heterocycles. The molecule has 33 heavy (non-hydrogen) atoms. The highest BCUT2D eigenvalue weighted by Crippen LogP contribution is 2.28. The number of carbonyl (C=O) groups excluding carboxylic acids is 1. The zero-order valence-corrected chi connectivity index (χ0v) is 17.8. The molecule has 0 fully saturated rings. The molecule has 0 bridgehead atoms. The first-order chi connectivity index (χ1) is 15.8. The Balaban J connectivity index is 1.48. The van der Waals surface area contributed by atoms with Crippen LogP contribution in [0.2, 0.25) is 0 Å². The van der Waals surface area contributed by atoms with Crippen LogP contribution in [-0.4, -0.2) is 28.0 Å². The third kappa shape index (κ3) is 4.77. The summed E-state index contributed by atoms with van der Waals surface area (Å²) in [4.78, 5) is 27.3. The zero-order valence-electron chi connectivity index (χ0n) is 17.0. The number of hydrogen-bond acceptors (Lipinski definition) is 7. The summed E-state index contributed by atoms with van der Waals surface area (Å²) in [5.41, 5.74) is 1.71. The molecule has 0 atom stereocenters. The number of hydrogen-bond donors (Lipinski definition) is 2. The average Bonchev–Trinajstić information content (AvgIpc) is 3.22. The maximum absolute atomic E-state index is 13.5. The molecule has 0 unspecified atom stereocenters. The van der Waals surface area contributed by atoms with Crippen molar-refractivity contribution in [1.82, 2.24) is 10.3 Å². The second-order valence-electron chi connectivity index (χ2n) is 6.76. The van der Waals surface area contributed by atoms with Gasteiger partial charge in [-0.25, -0.2) is 9.37 Å². The van der Waals surface area contributed by atoms with Crippen LogP contribution in [0.3, 0.4) is 0 Å². The lowest BCUT2D eigenvalue weighted by Gasteiger charge is -2.10. The molecule has 166 valence electrons. The Morgan fingerprint density at radius 3 is 2.73 bits per heavy atom. The van der Waals surface area contributed by atoms with Crippen molar-refractivity contribution in [1.29, 1.82) is 0 Å². The lowest BCUT2D eigenvalue weighted by molar-refractivity contribution is -0.385. The maximum Gasteiger partial charge on any atom is 0.311 e. The van der Waals surface area contributed by atoms with Gasteiger partial charge in [0.2, 0.25) is 5.89 Å². The Morgan fingerprint density at radius 1 is 1.18 bits per heavy atom. The van der Waals surface area contributed by atoms with Crippen LogP contribution in [0.4, 0.5) is 15.8 Å². The van der Waals surface area contributed by atoms with Gasteiger partial charge in [0.25, 0.3) is 5.91 Å². The van der Waals surface area contributed by atoms with Crippen molar-refractivity contribution in [2.24, 2.45) is 0 Å². The SMILES string of the molecule is COc1ccc(C(=O)NC(=S)Nc2ccc3oc(-c4cccc(F)c4)nc3c2)cc1[N+](=O)[O-]. The number of ether oxygens (including phenoxy) is 1. The van der Waals surface area contributed by atoms with Crippen LogP contribution >= 0.6 is 12.2 Å². The first kappa shape index (κ1) is 21.8. The third-order valence-electron chi connectivity index (χ3n) is 4.58. The number of halogens is 1. The fourth-order valence-electron chi connectivity index (χ4n) is 3.06. The van der Waals surface area contributed by atoms with Gasteiger partial charge in [0.05, 0.1) is 12.0 Å². The van der Waals surface area contributed by atoms with E-state index in [0.717, 1.165) is 6.07 Å². The molecular weight excluding hydrogens is 451 g/mol. The van der Waals surface area contributed by atoms with Gasteiger partial charge in [-0.15, -0.1) is 0 Å². The quantitative estimate of drug-likeness (QED) is 0.247. The Hall–Kier alpha value is -4.38. The van der Waals surface area contributed by atoms with Gasteiger partial charge >= 0.3 is 5.69 Å². The minimum Gasteiger partial charge on any atom is -0.490 e. The van der Waals surface area contributed by atoms with Crippen LogP contribution in [0.15, 0.2) is 65.1 Å². The number of nitrogens with zero attached hydrogens (tertiary/aromatic N) is 2. The van der Waals surface area contributed by atoms with Crippen LogP contribution < -0.4 is 15.4 Å². The molecule has 2 N–H and O–H groups in total. The standard InChI is InChI=1S/C22H15FN4O5S/c1-31-19-7-5-12(10-17(19)27(29)30)20(28)26-22(33)24-15-6-8-18-16(11-15)25-21(32-18)13-3-2-4-14(23)9-13/h2-11H,1H3,(H2,24,26,28,33). The Bertz CT molecular complexity index is 1400. The predicted octanol–water partition coefficient (Wildman–Crippen LogP) is 4.68. The summed E-state index contributed by atoms with van der Waals surface area (Å²) >= 11 is 5.18. The van der Waals surface area contributed by atoms with E-state index < -0.39 is 16.6 Å². The highest BCUT2D eigenvalue weighted by atomic mass is 32.1. The van der Waals surface area contributed by atoms with E-state index in [1.165, 1.54) is 31.4 Å². The molecule has 0 spiro atoms. The number of rotatable bonds is 5. The minimum absolute atomic E-state index is 0.0216. The fourth-order valence-corrected chi connectivity index (χ4v) is 3.27. The summed E-state index contributed by atoms with van der Waals surface area (Å²) in [6, 6.07) is 14.7. The molecule has 1 heterocycles. The number of methoxy groups -OCH3 is 1. The number of fused-ring (bicyclic) bond motifs is 1. The van der Waals surface area contributed by atoms with Gasteiger partial charge in [-0.1, -0.05) is 6.07 Å². The van der Waals surface area contributed by atoms with Crippen molar-refractivity contribution in [2.45, 2.75) is 0 Å². The van der Waals surface area contributed by atoms with Gasteiger partial charge in [-0.05, 0) is 60.7 Å². The van der Waals surface area contributed by atoms with Crippen LogP contribution in [0.1, 0.15) is 10.4 Å². The van der Waals surface area contributed by atoms with Gasteiger partial charge < -0.3 is 14.5 Å². The van der Waals surface area contributed by atoms with Gasteiger partial charge in [0, 0.05) is 22.9 Å². The zero-order chi connectivity index (χ0) is 23.5. The molecular formula is C22H15FN4O5S. The van der Waals surface area contributed by atoms with Crippen molar-refractivity contribution < 1.29 is 23.3 Å². The number of nitro groups is 1. The summed E-state index contributed by atoms with van der Waals surface area (Å²) < 4.78 is 24.1. The molecule has 0 aliphatic carbocycles. The van der Waals surface area contributed by atoms with E-state index in [1.807, 2.05) is 0 Å². The first-order valence-corrected chi connectivity index (χ1v) is 9.86. The molecule has 0 saturated heterocycles. The van der Waals surface area contributed by atoms with Crippen LogP contribution in [-0.2, 0) is 0 Å². The van der Waals surface area contributed by atoms with Crippen molar-refractivity contribution in [3.63, 3.8) is 0 Å². The largest absolute Gasteiger partial charge is 0.490 e. The second kappa shape index (κ2) is 9.01. The molecule has 4 aromatic rings. The fraction of sp³-hybridized carbons (Fsp3) is 0.0455. The first-order valence-electron chi connectivity index (χ1n) is 9.45. The molecule has 0 aliphatic rings. The maximum atomic E-state index is 13.5. The lowest BCUT2D eigenvalue weighted by Crippen LogP contribution is -2.34. The Morgan fingerprint density at radius 2 is 2.00 bits per heavy atom. The normalized spacial score (nSPS) is 10.6. The van der Waals surface area contributed by atoms with E-state index in [2.05, 4.69) is 15.6 Å². The summed E-state index contributed by atoms with van der Waals surface area (Å²) in [5.74, 6) is -0.732. The summed E-state index contributed by atoms with van der Waals surface area (Å²) in [5, 5.41) is 16.5. The highest BCUT2D eigenvalue weighted by molar-refractivity contribution is 7.80. The second-order valence-corrected chi connectivity index (χ2v) is 7.17. The molecule has 0 saturated carbocycles. The Kier molecular flexibility index (Phi) is 5.96. The number of oxazole rings is 1. The Labute approximate surface area is 191 Å². The van der Waals surface area contributed by atoms with Gasteiger partial charge in [0.15, 0.2) is 16.4 Å². The molecule has 11 heteroatoms. The number of amides is 1. The van der Waals surface area contributed by atoms with Gasteiger partial charge in [-0.2, -0.15) is 0 Å². The average molecular weight is 466 g/mol.